The molecule has 0 saturated carbocycles. The Labute approximate surface area is 157 Å². The van der Waals surface area contributed by atoms with Crippen LogP contribution in [0.2, 0.25) is 0 Å². The van der Waals surface area contributed by atoms with Gasteiger partial charge in [0.05, 0.1) is 17.0 Å². The predicted octanol–water partition coefficient (Wildman–Crippen LogP) is 3.11. The molecule has 1 amide bonds. The molecule has 0 radical (unpaired) electrons. The largest absolute Gasteiger partial charge is 0.371 e. The molecule has 8 heteroatoms. The van der Waals surface area contributed by atoms with Crippen LogP contribution in [0.5, 0.6) is 0 Å². The first-order chi connectivity index (χ1) is 12.9. The van der Waals surface area contributed by atoms with Crippen molar-refractivity contribution < 1.29 is 17.6 Å². The number of halogens is 1. The Morgan fingerprint density at radius 1 is 1.04 bits per heavy atom. The van der Waals surface area contributed by atoms with Crippen molar-refractivity contribution in [2.75, 3.05) is 28.0 Å². The maximum absolute atomic E-state index is 14.3. The second-order valence-corrected chi connectivity index (χ2v) is 8.54. The number of nitrogens with zero attached hydrogens (tertiary/aromatic N) is 1. The van der Waals surface area contributed by atoms with E-state index in [0.717, 1.165) is 31.6 Å². The lowest BCUT2D eigenvalue weighted by molar-refractivity contribution is -0.115. The van der Waals surface area contributed by atoms with Gasteiger partial charge in [-0.25, -0.2) is 12.8 Å². The number of hydrogen-bond donors (Lipinski definition) is 2. The highest BCUT2D eigenvalue weighted by molar-refractivity contribution is 7.92. The summed E-state index contributed by atoms with van der Waals surface area (Å²) in [6.07, 6.45) is 3.45. The number of anilines is 3. The summed E-state index contributed by atoms with van der Waals surface area (Å²) in [5.41, 5.74) is 1.95. The topological polar surface area (TPSA) is 78.5 Å². The highest BCUT2D eigenvalue weighted by Crippen LogP contribution is 2.29. The first kappa shape index (κ1) is 17.8. The summed E-state index contributed by atoms with van der Waals surface area (Å²) >= 11 is 0. The van der Waals surface area contributed by atoms with E-state index in [1.807, 2.05) is 0 Å². The summed E-state index contributed by atoms with van der Waals surface area (Å²) in [7, 11) is -3.97. The highest BCUT2D eigenvalue weighted by Gasteiger charge is 2.23. The number of amides is 1. The second kappa shape index (κ2) is 6.84. The van der Waals surface area contributed by atoms with Gasteiger partial charge in [-0.15, -0.1) is 0 Å². The summed E-state index contributed by atoms with van der Waals surface area (Å²) in [5, 5.41) is 2.66. The van der Waals surface area contributed by atoms with Crippen molar-refractivity contribution in [2.24, 2.45) is 0 Å². The van der Waals surface area contributed by atoms with Crippen LogP contribution in [0.25, 0.3) is 0 Å². The van der Waals surface area contributed by atoms with E-state index in [-0.39, 0.29) is 22.9 Å². The number of nitrogens with one attached hydrogen (secondary N) is 2. The molecule has 0 atom stereocenters. The zero-order valence-electron chi connectivity index (χ0n) is 14.7. The van der Waals surface area contributed by atoms with Crippen LogP contribution >= 0.6 is 0 Å². The molecule has 4 rings (SSSR count). The lowest BCUT2D eigenvalue weighted by Crippen LogP contribution is -2.29. The molecule has 2 aliphatic rings. The number of piperidine rings is 1. The Balaban J connectivity index is 1.61. The van der Waals surface area contributed by atoms with Crippen LogP contribution in [0.4, 0.5) is 21.5 Å². The van der Waals surface area contributed by atoms with Crippen molar-refractivity contribution in [3.05, 3.63) is 47.8 Å². The number of carbonyl (C=O) groups excluding carboxylic acids is 1. The third-order valence-electron chi connectivity index (χ3n) is 4.93. The minimum Gasteiger partial charge on any atom is -0.371 e. The molecule has 27 heavy (non-hydrogen) atoms. The Morgan fingerprint density at radius 2 is 1.81 bits per heavy atom. The molecule has 2 heterocycles. The average Bonchev–Trinajstić information content (AvgIpc) is 3.03. The molecule has 6 nitrogen and oxygen atoms in total. The Kier molecular flexibility index (Phi) is 4.51. The number of rotatable bonds is 4. The van der Waals surface area contributed by atoms with Gasteiger partial charge in [0.2, 0.25) is 5.91 Å². The van der Waals surface area contributed by atoms with Crippen molar-refractivity contribution in [1.82, 2.24) is 0 Å². The molecule has 1 saturated heterocycles. The third-order valence-corrected chi connectivity index (χ3v) is 6.29. The Morgan fingerprint density at radius 3 is 2.59 bits per heavy atom. The van der Waals surface area contributed by atoms with Crippen LogP contribution in [0, 0.1) is 5.82 Å². The zero-order valence-corrected chi connectivity index (χ0v) is 15.5. The number of hydrogen-bond acceptors (Lipinski definition) is 4. The van der Waals surface area contributed by atoms with E-state index in [4.69, 9.17) is 0 Å². The van der Waals surface area contributed by atoms with Gasteiger partial charge in [0.1, 0.15) is 5.82 Å². The molecule has 0 spiro atoms. The van der Waals surface area contributed by atoms with Gasteiger partial charge in [-0.2, -0.15) is 0 Å². The molecule has 2 N–H and O–H groups in total. The van der Waals surface area contributed by atoms with Crippen LogP contribution in [0.15, 0.2) is 41.3 Å². The van der Waals surface area contributed by atoms with E-state index in [1.165, 1.54) is 30.7 Å². The van der Waals surface area contributed by atoms with Gasteiger partial charge in [-0.3, -0.25) is 9.52 Å². The van der Waals surface area contributed by atoms with Gasteiger partial charge >= 0.3 is 0 Å². The van der Waals surface area contributed by atoms with Crippen molar-refractivity contribution >= 4 is 33.0 Å². The molecular weight excluding hydrogens is 369 g/mol. The van der Waals surface area contributed by atoms with Crippen molar-refractivity contribution in [3.63, 3.8) is 0 Å². The van der Waals surface area contributed by atoms with Crippen LogP contribution in [0.1, 0.15) is 24.8 Å². The molecule has 0 bridgehead atoms. The van der Waals surface area contributed by atoms with Gasteiger partial charge in [0.25, 0.3) is 10.0 Å². The van der Waals surface area contributed by atoms with Gasteiger partial charge in [-0.05, 0) is 61.2 Å². The summed E-state index contributed by atoms with van der Waals surface area (Å²) in [6.45, 7) is 1.76. The number of sulfonamides is 1. The van der Waals surface area contributed by atoms with Crippen molar-refractivity contribution in [1.29, 1.82) is 0 Å². The smallest absolute Gasteiger partial charge is 0.261 e. The normalized spacial score (nSPS) is 16.8. The fraction of sp³-hybridized carbons (Fsp3) is 0.316. The number of carbonyl (C=O) groups is 1. The van der Waals surface area contributed by atoms with Gasteiger partial charge in [-0.1, -0.05) is 0 Å². The van der Waals surface area contributed by atoms with Crippen LogP contribution in [-0.2, 0) is 21.2 Å². The fourth-order valence-electron chi connectivity index (χ4n) is 3.52. The van der Waals surface area contributed by atoms with Crippen LogP contribution < -0.4 is 14.9 Å². The molecule has 2 aromatic rings. The van der Waals surface area contributed by atoms with Gasteiger partial charge < -0.3 is 10.2 Å². The summed E-state index contributed by atoms with van der Waals surface area (Å²) in [4.78, 5) is 13.6. The summed E-state index contributed by atoms with van der Waals surface area (Å²) in [6, 6.07) is 8.89. The molecule has 0 unspecified atom stereocenters. The van der Waals surface area contributed by atoms with E-state index in [1.54, 1.807) is 12.1 Å². The van der Waals surface area contributed by atoms with E-state index < -0.39 is 15.8 Å². The SMILES string of the molecule is O=C1Cc2cc(S(=O)(=O)Nc3cc(N4CCCCC4)ccc3F)ccc2N1. The number of benzene rings is 2. The van der Waals surface area contributed by atoms with E-state index in [2.05, 4.69) is 14.9 Å². The van der Waals surface area contributed by atoms with E-state index in [0.29, 0.717) is 11.3 Å². The average molecular weight is 389 g/mol. The molecule has 0 aromatic heterocycles. The highest BCUT2D eigenvalue weighted by atomic mass is 32.2. The van der Waals surface area contributed by atoms with Crippen LogP contribution in [-0.4, -0.2) is 27.4 Å². The monoisotopic (exact) mass is 389 g/mol. The molecular formula is C19H20FN3O3S. The zero-order chi connectivity index (χ0) is 19.0. The maximum atomic E-state index is 14.3. The first-order valence-corrected chi connectivity index (χ1v) is 10.4. The molecule has 2 aliphatic heterocycles. The third kappa shape index (κ3) is 3.62. The first-order valence-electron chi connectivity index (χ1n) is 8.92. The lowest BCUT2D eigenvalue weighted by Gasteiger charge is -2.29. The van der Waals surface area contributed by atoms with Gasteiger partial charge in [0, 0.05) is 24.5 Å². The fourth-order valence-corrected chi connectivity index (χ4v) is 4.63. The molecule has 2 aromatic carbocycles. The van der Waals surface area contributed by atoms with Crippen LogP contribution in [0.3, 0.4) is 0 Å². The predicted molar refractivity (Wildman–Crippen MR) is 102 cm³/mol. The molecule has 1 fully saturated rings. The Hall–Kier alpha value is -2.61. The molecule has 0 aliphatic carbocycles. The van der Waals surface area contributed by atoms with Crippen molar-refractivity contribution in [2.45, 2.75) is 30.6 Å². The van der Waals surface area contributed by atoms with E-state index >= 15 is 0 Å². The quantitative estimate of drug-likeness (QED) is 0.842. The summed E-state index contributed by atoms with van der Waals surface area (Å²) < 4.78 is 42.1. The van der Waals surface area contributed by atoms with E-state index in [9.17, 15) is 17.6 Å². The minimum absolute atomic E-state index is 0.000487. The Bertz CT molecular complexity index is 1000. The maximum Gasteiger partial charge on any atom is 0.261 e. The van der Waals surface area contributed by atoms with Crippen molar-refractivity contribution in [3.8, 4) is 0 Å². The standard InChI is InChI=1S/C19H20FN3O3S/c20-16-6-4-14(23-8-2-1-3-9-23)12-18(16)22-27(25,26)15-5-7-17-13(10-15)11-19(24)21-17/h4-7,10,12,22H,1-3,8-9,11H2,(H,21,24). The lowest BCUT2D eigenvalue weighted by atomic mass is 10.1. The summed E-state index contributed by atoms with van der Waals surface area (Å²) in [5.74, 6) is -0.801. The second-order valence-electron chi connectivity index (χ2n) is 6.86. The van der Waals surface area contributed by atoms with Gasteiger partial charge in [0.15, 0.2) is 0 Å². The number of fused-ring (bicyclic) bond motifs is 1. The molecule has 142 valence electrons. The minimum atomic E-state index is -3.97.